The topological polar surface area (TPSA) is 57.5 Å². The summed E-state index contributed by atoms with van der Waals surface area (Å²) < 4.78 is 19.4. The second kappa shape index (κ2) is 10.1. The summed E-state index contributed by atoms with van der Waals surface area (Å²) in [4.78, 5) is 4.02. The fourth-order valence-electron chi connectivity index (χ4n) is 1.98. The zero-order valence-corrected chi connectivity index (χ0v) is 13.8. The molecular formula is C13H27N3O3Si. The van der Waals surface area contributed by atoms with Gasteiger partial charge in [0.2, 0.25) is 0 Å². The minimum Gasteiger partial charge on any atom is -0.373 e. The lowest BCUT2D eigenvalue weighted by atomic mass is 10.4. The van der Waals surface area contributed by atoms with Gasteiger partial charge in [-0.2, -0.15) is 0 Å². The van der Waals surface area contributed by atoms with E-state index in [0.717, 1.165) is 19.5 Å². The molecule has 0 aromatic carbocycles. The van der Waals surface area contributed by atoms with Crippen LogP contribution in [-0.2, 0) is 19.8 Å². The Morgan fingerprint density at radius 2 is 1.75 bits per heavy atom. The van der Waals surface area contributed by atoms with Gasteiger partial charge < -0.3 is 23.2 Å². The number of hydrogen-bond donors (Lipinski definition) is 1. The Hall–Kier alpha value is -0.733. The summed E-state index contributed by atoms with van der Waals surface area (Å²) in [5, 5.41) is 3.40. The minimum absolute atomic E-state index is 0.614. The predicted molar refractivity (Wildman–Crippen MR) is 80.3 cm³/mol. The average molecular weight is 301 g/mol. The van der Waals surface area contributed by atoms with Crippen LogP contribution in [-0.4, -0.2) is 50.9 Å². The molecule has 0 saturated carbocycles. The van der Waals surface area contributed by atoms with E-state index in [2.05, 4.69) is 14.9 Å². The molecule has 1 heterocycles. The van der Waals surface area contributed by atoms with Gasteiger partial charge in [0.05, 0.1) is 12.5 Å². The van der Waals surface area contributed by atoms with E-state index in [0.29, 0.717) is 26.0 Å². The van der Waals surface area contributed by atoms with Crippen molar-refractivity contribution in [1.29, 1.82) is 0 Å². The number of aromatic nitrogens is 2. The van der Waals surface area contributed by atoms with Crippen molar-refractivity contribution < 1.29 is 13.3 Å². The molecule has 0 amide bonds. The van der Waals surface area contributed by atoms with Crippen LogP contribution < -0.4 is 5.32 Å². The fraction of sp³-hybridized carbons (Fsp3) is 0.769. The van der Waals surface area contributed by atoms with Gasteiger partial charge in [0.25, 0.3) is 0 Å². The van der Waals surface area contributed by atoms with E-state index in [1.54, 1.807) is 6.20 Å². The van der Waals surface area contributed by atoms with Crippen LogP contribution in [0.4, 0.5) is 0 Å². The van der Waals surface area contributed by atoms with E-state index in [1.165, 1.54) is 0 Å². The highest BCUT2D eigenvalue weighted by Gasteiger charge is 2.39. The van der Waals surface area contributed by atoms with E-state index in [1.807, 2.05) is 33.3 Å². The molecule has 0 atom stereocenters. The Kier molecular flexibility index (Phi) is 8.71. The Morgan fingerprint density at radius 3 is 2.25 bits per heavy atom. The highest BCUT2D eigenvalue weighted by molar-refractivity contribution is 6.60. The number of nitrogens with one attached hydrogen (secondary N) is 1. The Balaban J connectivity index is 2.29. The molecule has 0 saturated heterocycles. The van der Waals surface area contributed by atoms with Crippen molar-refractivity contribution >= 4 is 8.80 Å². The SMILES string of the molecule is CCO[Si](CNCCCn1ccnc1)(OCC)OCC. The van der Waals surface area contributed by atoms with E-state index in [9.17, 15) is 0 Å². The summed E-state index contributed by atoms with van der Waals surface area (Å²) in [6, 6.07) is 0. The largest absolute Gasteiger partial charge is 0.515 e. The zero-order chi connectivity index (χ0) is 14.7. The van der Waals surface area contributed by atoms with Crippen LogP contribution in [0.1, 0.15) is 27.2 Å². The fourth-order valence-corrected chi connectivity index (χ4v) is 4.34. The molecule has 0 bridgehead atoms. The van der Waals surface area contributed by atoms with Crippen molar-refractivity contribution in [3.8, 4) is 0 Å². The molecule has 6 nitrogen and oxygen atoms in total. The lowest BCUT2D eigenvalue weighted by Gasteiger charge is -2.28. The third-order valence-electron chi connectivity index (χ3n) is 2.76. The van der Waals surface area contributed by atoms with E-state index >= 15 is 0 Å². The first kappa shape index (κ1) is 17.3. The van der Waals surface area contributed by atoms with Crippen molar-refractivity contribution in [3.05, 3.63) is 18.7 Å². The molecule has 0 aliphatic heterocycles. The molecule has 0 aliphatic rings. The third kappa shape index (κ3) is 6.15. The van der Waals surface area contributed by atoms with Crippen molar-refractivity contribution in [2.24, 2.45) is 0 Å². The van der Waals surface area contributed by atoms with Gasteiger partial charge in [-0.1, -0.05) is 0 Å². The molecule has 0 fully saturated rings. The van der Waals surface area contributed by atoms with Gasteiger partial charge in [0.1, 0.15) is 0 Å². The Morgan fingerprint density at radius 1 is 1.10 bits per heavy atom. The lowest BCUT2D eigenvalue weighted by molar-refractivity contribution is 0.0701. The van der Waals surface area contributed by atoms with Gasteiger partial charge in [-0.3, -0.25) is 0 Å². The maximum atomic E-state index is 5.78. The van der Waals surface area contributed by atoms with Crippen LogP contribution in [0.2, 0.25) is 0 Å². The molecule has 1 rings (SSSR count). The van der Waals surface area contributed by atoms with Gasteiger partial charge in [0.15, 0.2) is 0 Å². The highest BCUT2D eigenvalue weighted by Crippen LogP contribution is 2.08. The number of hydrogen-bond acceptors (Lipinski definition) is 5. The first-order valence-electron chi connectivity index (χ1n) is 7.34. The Bertz CT molecular complexity index is 319. The summed E-state index contributed by atoms with van der Waals surface area (Å²) in [6.07, 6.45) is 7.29. The van der Waals surface area contributed by atoms with Crippen LogP contribution in [0.25, 0.3) is 0 Å². The first-order valence-corrected chi connectivity index (χ1v) is 9.27. The standard InChI is InChI=1S/C13H27N3O3Si/c1-4-17-20(18-5-2,19-6-3)13-15-8-7-10-16-11-9-14-12-16/h9,11-12,15H,4-8,10,13H2,1-3H3. The Labute approximate surface area is 122 Å². The maximum Gasteiger partial charge on any atom is 0.515 e. The van der Waals surface area contributed by atoms with Crippen molar-refractivity contribution in [2.45, 2.75) is 33.7 Å². The normalized spacial score (nSPS) is 11.9. The van der Waals surface area contributed by atoms with E-state index in [-0.39, 0.29) is 0 Å². The predicted octanol–water partition coefficient (Wildman–Crippen LogP) is 1.45. The summed E-state index contributed by atoms with van der Waals surface area (Å²) in [6.45, 7) is 9.62. The first-order chi connectivity index (χ1) is 9.76. The second-order valence-corrected chi connectivity index (χ2v) is 6.90. The minimum atomic E-state index is -2.54. The molecule has 0 radical (unpaired) electrons. The van der Waals surface area contributed by atoms with Gasteiger partial charge in [-0.25, -0.2) is 4.98 Å². The highest BCUT2D eigenvalue weighted by atomic mass is 28.4. The van der Waals surface area contributed by atoms with Crippen molar-refractivity contribution in [3.63, 3.8) is 0 Å². The molecular weight excluding hydrogens is 274 g/mol. The molecule has 7 heteroatoms. The van der Waals surface area contributed by atoms with Gasteiger partial charge in [-0.15, -0.1) is 0 Å². The van der Waals surface area contributed by atoms with Gasteiger partial charge in [0, 0.05) is 38.8 Å². The number of nitrogens with zero attached hydrogens (tertiary/aromatic N) is 2. The molecule has 20 heavy (non-hydrogen) atoms. The summed E-state index contributed by atoms with van der Waals surface area (Å²) in [5.41, 5.74) is 0. The van der Waals surface area contributed by atoms with Crippen molar-refractivity contribution in [2.75, 3.05) is 32.5 Å². The van der Waals surface area contributed by atoms with Gasteiger partial charge in [-0.05, 0) is 33.7 Å². The van der Waals surface area contributed by atoms with Gasteiger partial charge >= 0.3 is 8.80 Å². The second-order valence-electron chi connectivity index (χ2n) is 4.31. The monoisotopic (exact) mass is 301 g/mol. The van der Waals surface area contributed by atoms with Crippen LogP contribution >= 0.6 is 0 Å². The zero-order valence-electron chi connectivity index (χ0n) is 12.8. The third-order valence-corrected chi connectivity index (χ3v) is 5.63. The number of imidazole rings is 1. The molecule has 1 N–H and O–H groups in total. The van der Waals surface area contributed by atoms with Crippen LogP contribution in [0.3, 0.4) is 0 Å². The number of aryl methyl sites for hydroxylation is 1. The number of rotatable bonds is 12. The summed E-state index contributed by atoms with van der Waals surface area (Å²) >= 11 is 0. The van der Waals surface area contributed by atoms with Crippen LogP contribution in [0, 0.1) is 0 Å². The molecule has 0 aliphatic carbocycles. The molecule has 0 unspecified atom stereocenters. The molecule has 1 aromatic heterocycles. The summed E-state index contributed by atoms with van der Waals surface area (Å²) in [7, 11) is -2.54. The molecule has 0 spiro atoms. The molecule has 116 valence electrons. The average Bonchev–Trinajstić information content (AvgIpc) is 2.92. The smallest absolute Gasteiger partial charge is 0.373 e. The van der Waals surface area contributed by atoms with Crippen LogP contribution in [0.15, 0.2) is 18.7 Å². The quantitative estimate of drug-likeness (QED) is 0.468. The van der Waals surface area contributed by atoms with E-state index in [4.69, 9.17) is 13.3 Å². The maximum absolute atomic E-state index is 5.78. The summed E-state index contributed by atoms with van der Waals surface area (Å²) in [5.74, 6) is 0. The van der Waals surface area contributed by atoms with Crippen LogP contribution in [0.5, 0.6) is 0 Å². The lowest BCUT2D eigenvalue weighted by Crippen LogP contribution is -2.54. The van der Waals surface area contributed by atoms with Crippen molar-refractivity contribution in [1.82, 2.24) is 14.9 Å². The molecule has 1 aromatic rings. The van der Waals surface area contributed by atoms with E-state index < -0.39 is 8.80 Å².